The number of nitrogens with one attached hydrogen (secondary N) is 1. The molecule has 10 heteroatoms. The van der Waals surface area contributed by atoms with Gasteiger partial charge in [0.05, 0.1) is 11.3 Å². The molecule has 5 rings (SSSR count). The Labute approximate surface area is 187 Å². The van der Waals surface area contributed by atoms with Crippen molar-refractivity contribution in [1.29, 1.82) is 0 Å². The Hall–Kier alpha value is -3.17. The van der Waals surface area contributed by atoms with E-state index in [-0.39, 0.29) is 11.9 Å². The fraction of sp³-hybridized carbons (Fsp3) is 0.238. The van der Waals surface area contributed by atoms with Crippen molar-refractivity contribution in [3.8, 4) is 10.7 Å². The van der Waals surface area contributed by atoms with Gasteiger partial charge in [0.1, 0.15) is 5.52 Å². The summed E-state index contributed by atoms with van der Waals surface area (Å²) in [5.41, 5.74) is 8.23. The van der Waals surface area contributed by atoms with Crippen LogP contribution in [-0.2, 0) is 11.2 Å². The number of carbonyl (C=O) groups excluding carboxylic acids is 1. The van der Waals surface area contributed by atoms with Gasteiger partial charge < -0.3 is 20.5 Å². The monoisotopic (exact) mass is 453 g/mol. The molecule has 4 aromatic rings. The van der Waals surface area contributed by atoms with Crippen LogP contribution in [0.15, 0.2) is 41.8 Å². The summed E-state index contributed by atoms with van der Waals surface area (Å²) in [7, 11) is 0. The number of nitrogen functional groups attached to an aromatic ring is 1. The normalized spacial score (nSPS) is 14.4. The molecule has 0 unspecified atom stereocenters. The van der Waals surface area contributed by atoms with Crippen molar-refractivity contribution in [2.24, 2.45) is 0 Å². The Morgan fingerprint density at radius 1 is 1.10 bits per heavy atom. The predicted molar refractivity (Wildman–Crippen MR) is 123 cm³/mol. The number of amides is 1. The first-order valence-corrected chi connectivity index (χ1v) is 11.2. The largest absolute Gasteiger partial charge is 0.368 e. The van der Waals surface area contributed by atoms with Crippen molar-refractivity contribution in [2.75, 3.05) is 36.8 Å². The molecule has 1 aromatic carbocycles. The van der Waals surface area contributed by atoms with Crippen molar-refractivity contribution in [1.82, 2.24) is 24.8 Å². The number of piperazine rings is 1. The minimum Gasteiger partial charge on any atom is -0.368 e. The Bertz CT molecular complexity index is 1210. The number of nitrogens with two attached hydrogens (primary N) is 1. The molecule has 0 aliphatic carbocycles. The van der Waals surface area contributed by atoms with E-state index in [0.717, 1.165) is 27.6 Å². The smallest absolute Gasteiger partial charge is 0.227 e. The third-order valence-electron chi connectivity index (χ3n) is 5.30. The highest BCUT2D eigenvalue weighted by atomic mass is 35.5. The minimum atomic E-state index is 0.107. The molecule has 31 heavy (non-hydrogen) atoms. The van der Waals surface area contributed by atoms with Crippen LogP contribution in [0.5, 0.6) is 0 Å². The van der Waals surface area contributed by atoms with E-state index in [0.29, 0.717) is 43.3 Å². The molecule has 0 atom stereocenters. The highest BCUT2D eigenvalue weighted by molar-refractivity contribution is 7.13. The number of hydrogen-bond donors (Lipinski definition) is 2. The third kappa shape index (κ3) is 4.06. The fourth-order valence-electron chi connectivity index (χ4n) is 3.71. The molecule has 3 aromatic heterocycles. The molecule has 0 saturated carbocycles. The summed E-state index contributed by atoms with van der Waals surface area (Å²) in [6.07, 6.45) is 0.368. The number of anilines is 2. The second-order valence-electron chi connectivity index (χ2n) is 7.34. The van der Waals surface area contributed by atoms with Crippen LogP contribution in [0.2, 0.25) is 5.02 Å². The molecule has 8 nitrogen and oxygen atoms in total. The number of fused-ring (bicyclic) bond motifs is 1. The van der Waals surface area contributed by atoms with Crippen LogP contribution in [0.4, 0.5) is 11.8 Å². The summed E-state index contributed by atoms with van der Waals surface area (Å²) in [5, 5.41) is 2.67. The van der Waals surface area contributed by atoms with E-state index in [1.54, 1.807) is 11.3 Å². The van der Waals surface area contributed by atoms with Crippen LogP contribution in [0, 0.1) is 0 Å². The van der Waals surface area contributed by atoms with Gasteiger partial charge in [0.15, 0.2) is 17.3 Å². The van der Waals surface area contributed by atoms with Crippen LogP contribution < -0.4 is 10.6 Å². The van der Waals surface area contributed by atoms with Gasteiger partial charge in [-0.05, 0) is 29.1 Å². The molecule has 0 radical (unpaired) electrons. The summed E-state index contributed by atoms with van der Waals surface area (Å²) in [4.78, 5) is 34.5. The van der Waals surface area contributed by atoms with Gasteiger partial charge in [-0.1, -0.05) is 29.8 Å². The highest BCUT2D eigenvalue weighted by Crippen LogP contribution is 2.29. The first-order chi connectivity index (χ1) is 15.1. The van der Waals surface area contributed by atoms with Gasteiger partial charge in [-0.2, -0.15) is 9.97 Å². The zero-order valence-corrected chi connectivity index (χ0v) is 18.2. The zero-order valence-electron chi connectivity index (χ0n) is 16.6. The second kappa shape index (κ2) is 8.16. The van der Waals surface area contributed by atoms with Gasteiger partial charge in [-0.3, -0.25) is 4.79 Å². The van der Waals surface area contributed by atoms with E-state index in [2.05, 4.69) is 24.8 Å². The van der Waals surface area contributed by atoms with E-state index in [1.165, 1.54) is 0 Å². The van der Waals surface area contributed by atoms with E-state index in [1.807, 2.05) is 46.7 Å². The minimum absolute atomic E-state index is 0.107. The molecule has 0 bridgehead atoms. The number of thiophene rings is 1. The standard InChI is InChI=1S/C21H20ClN7OS/c22-14-5-3-13(4-6-14)12-16(30)28-7-9-29(10-8-28)20-17-19(26-21(23)27-20)25-18(24-17)15-2-1-11-31-15/h1-6,11H,7-10,12H2,(H3,23,24,25,26,27). The number of rotatable bonds is 4. The lowest BCUT2D eigenvalue weighted by Crippen LogP contribution is -2.49. The number of aromatic nitrogens is 4. The quantitative estimate of drug-likeness (QED) is 0.491. The number of imidazole rings is 1. The van der Waals surface area contributed by atoms with E-state index >= 15 is 0 Å². The number of H-pyrrole nitrogens is 1. The summed E-state index contributed by atoms with van der Waals surface area (Å²) in [6.45, 7) is 2.55. The Balaban J connectivity index is 1.32. The SMILES string of the molecule is Nc1nc(N2CCN(C(=O)Cc3ccc(Cl)cc3)CC2)c2[nH]c(-c3cccs3)nc2n1. The summed E-state index contributed by atoms with van der Waals surface area (Å²) in [5.74, 6) is 1.77. The predicted octanol–water partition coefficient (Wildman–Crippen LogP) is 3.21. The molecule has 4 heterocycles. The second-order valence-corrected chi connectivity index (χ2v) is 8.72. The maximum Gasteiger partial charge on any atom is 0.227 e. The topological polar surface area (TPSA) is 104 Å². The first kappa shape index (κ1) is 19.8. The van der Waals surface area contributed by atoms with Crippen molar-refractivity contribution in [3.63, 3.8) is 0 Å². The van der Waals surface area contributed by atoms with Crippen LogP contribution in [0.3, 0.4) is 0 Å². The molecular formula is C21H20ClN7OS. The van der Waals surface area contributed by atoms with Gasteiger partial charge in [0, 0.05) is 31.2 Å². The number of hydrogen-bond acceptors (Lipinski definition) is 7. The lowest BCUT2D eigenvalue weighted by atomic mass is 10.1. The Morgan fingerprint density at radius 2 is 1.87 bits per heavy atom. The molecule has 1 amide bonds. The number of aromatic amines is 1. The molecule has 3 N–H and O–H groups in total. The first-order valence-electron chi connectivity index (χ1n) is 9.91. The highest BCUT2D eigenvalue weighted by Gasteiger charge is 2.25. The van der Waals surface area contributed by atoms with Gasteiger partial charge in [0.25, 0.3) is 0 Å². The van der Waals surface area contributed by atoms with Crippen LogP contribution in [0.25, 0.3) is 21.9 Å². The number of nitrogens with zero attached hydrogens (tertiary/aromatic N) is 5. The van der Waals surface area contributed by atoms with Crippen molar-refractivity contribution < 1.29 is 4.79 Å². The van der Waals surface area contributed by atoms with Crippen molar-refractivity contribution in [2.45, 2.75) is 6.42 Å². The maximum absolute atomic E-state index is 12.7. The summed E-state index contributed by atoms with van der Waals surface area (Å²) >= 11 is 7.53. The molecule has 1 aliphatic heterocycles. The average Bonchev–Trinajstić information content (AvgIpc) is 3.44. The van der Waals surface area contributed by atoms with Crippen LogP contribution in [-0.4, -0.2) is 56.9 Å². The number of halogens is 1. The summed E-state index contributed by atoms with van der Waals surface area (Å²) < 4.78 is 0. The van der Waals surface area contributed by atoms with E-state index in [4.69, 9.17) is 17.3 Å². The molecule has 1 fully saturated rings. The summed E-state index contributed by atoms with van der Waals surface area (Å²) in [6, 6.07) is 11.4. The number of carbonyl (C=O) groups is 1. The maximum atomic E-state index is 12.7. The van der Waals surface area contributed by atoms with Gasteiger partial charge in [0.2, 0.25) is 11.9 Å². The molecule has 1 aliphatic rings. The van der Waals surface area contributed by atoms with Crippen LogP contribution in [0.1, 0.15) is 5.56 Å². The van der Waals surface area contributed by atoms with Crippen molar-refractivity contribution >= 4 is 51.8 Å². The van der Waals surface area contributed by atoms with Gasteiger partial charge in [-0.15, -0.1) is 11.3 Å². The molecule has 1 saturated heterocycles. The number of benzene rings is 1. The van der Waals surface area contributed by atoms with Crippen molar-refractivity contribution in [3.05, 3.63) is 52.4 Å². The average molecular weight is 454 g/mol. The zero-order chi connectivity index (χ0) is 21.4. The van der Waals surface area contributed by atoms with Crippen LogP contribution >= 0.6 is 22.9 Å². The van der Waals surface area contributed by atoms with Gasteiger partial charge in [-0.25, -0.2) is 4.98 Å². The molecule has 0 spiro atoms. The lowest BCUT2D eigenvalue weighted by Gasteiger charge is -2.35. The van der Waals surface area contributed by atoms with Gasteiger partial charge >= 0.3 is 0 Å². The Morgan fingerprint density at radius 3 is 2.58 bits per heavy atom. The Kier molecular flexibility index (Phi) is 5.21. The molecular weight excluding hydrogens is 434 g/mol. The molecule has 158 valence electrons. The lowest BCUT2D eigenvalue weighted by molar-refractivity contribution is -0.130. The van der Waals surface area contributed by atoms with E-state index < -0.39 is 0 Å². The van der Waals surface area contributed by atoms with E-state index in [9.17, 15) is 4.79 Å². The fourth-order valence-corrected chi connectivity index (χ4v) is 4.51. The third-order valence-corrected chi connectivity index (χ3v) is 6.43.